The molecule has 6 heteroatoms. The number of rotatable bonds is 3. The summed E-state index contributed by atoms with van der Waals surface area (Å²) >= 11 is 0. The molecule has 1 aromatic carbocycles. The molecular weight excluding hydrogens is 299 g/mol. The minimum absolute atomic E-state index is 0.663. The van der Waals surface area contributed by atoms with Crippen LogP contribution in [-0.4, -0.2) is 20.8 Å². The summed E-state index contributed by atoms with van der Waals surface area (Å²) in [4.78, 5) is 0. The van der Waals surface area contributed by atoms with Crippen LogP contribution in [0.5, 0.6) is 0 Å². The highest BCUT2D eigenvalue weighted by molar-refractivity contribution is 7.85. The molecule has 21 heavy (non-hydrogen) atoms. The predicted molar refractivity (Wildman–Crippen MR) is 81.6 cm³/mol. The van der Waals surface area contributed by atoms with E-state index in [9.17, 15) is 17.4 Å². The number of aryl methyl sites for hydroxylation is 1. The zero-order valence-electron chi connectivity index (χ0n) is 12.4. The Bertz CT molecular complexity index is 583. The number of nitrogens with zero attached hydrogens (tertiary/aromatic N) is 1. The fraction of sp³-hybridized carbons (Fsp3) is 0.400. The average Bonchev–Trinajstić information content (AvgIpc) is 2.33. The second kappa shape index (κ2) is 6.56. The van der Waals surface area contributed by atoms with Crippen molar-refractivity contribution < 1.29 is 17.4 Å². The summed E-state index contributed by atoms with van der Waals surface area (Å²) in [6.45, 7) is 6.53. The largest absolute Gasteiger partial charge is 0.434 e. The van der Waals surface area contributed by atoms with Crippen LogP contribution < -0.4 is 0 Å². The van der Waals surface area contributed by atoms with Crippen molar-refractivity contribution in [1.82, 2.24) is 0 Å². The Kier molecular flexibility index (Phi) is 5.50. The minimum atomic E-state index is -4.64. The van der Waals surface area contributed by atoms with Crippen molar-refractivity contribution >= 4 is 22.8 Å². The molecule has 0 spiro atoms. The van der Waals surface area contributed by atoms with E-state index in [4.69, 9.17) is 0 Å². The molecule has 1 aromatic rings. The first-order chi connectivity index (χ1) is 9.51. The Morgan fingerprint density at radius 3 is 2.24 bits per heavy atom. The Hall–Kier alpha value is -1.43. The molecule has 2 nitrogen and oxygen atoms in total. The monoisotopic (exact) mass is 317 g/mol. The molecular formula is C15H18F3NOS. The normalized spacial score (nSPS) is 15.5. The standard InChI is InChI=1S/C15H18F3NOS/c1-11-7-5-6-8-12(11)9-10-13(15(16,17)18)19-21(20)14(2,3)4/h5-10H,1-4H3/b10-9+,19-13-. The molecule has 0 aliphatic rings. The third kappa shape index (κ3) is 5.46. The van der Waals surface area contributed by atoms with E-state index in [0.29, 0.717) is 5.56 Å². The average molecular weight is 317 g/mol. The molecule has 0 fully saturated rings. The number of allylic oxidation sites excluding steroid dienone is 1. The maximum atomic E-state index is 13.0. The van der Waals surface area contributed by atoms with Gasteiger partial charge in [-0.1, -0.05) is 30.3 Å². The molecule has 1 rings (SSSR count). The van der Waals surface area contributed by atoms with Gasteiger partial charge in [-0.3, -0.25) is 0 Å². The van der Waals surface area contributed by atoms with Gasteiger partial charge in [-0.05, 0) is 44.9 Å². The van der Waals surface area contributed by atoms with Gasteiger partial charge in [-0.2, -0.15) is 17.6 Å². The SMILES string of the molecule is Cc1ccccc1/C=C/C(=N/S(=O)C(C)(C)C)C(F)(F)F. The van der Waals surface area contributed by atoms with Crippen LogP contribution in [-0.2, 0) is 11.0 Å². The quantitative estimate of drug-likeness (QED) is 0.756. The van der Waals surface area contributed by atoms with Gasteiger partial charge in [0.25, 0.3) is 0 Å². The Balaban J connectivity index is 3.15. The number of hydrogen-bond donors (Lipinski definition) is 0. The van der Waals surface area contributed by atoms with E-state index in [1.54, 1.807) is 52.0 Å². The summed E-state index contributed by atoms with van der Waals surface area (Å²) in [5.74, 6) is 0. The summed E-state index contributed by atoms with van der Waals surface area (Å²) in [5, 5.41) is 0. The zero-order chi connectivity index (χ0) is 16.3. The second-order valence-electron chi connectivity index (χ2n) is 5.53. The van der Waals surface area contributed by atoms with Crippen LogP contribution in [0, 0.1) is 6.92 Å². The lowest BCUT2D eigenvalue weighted by molar-refractivity contribution is -0.0574. The van der Waals surface area contributed by atoms with Crippen molar-refractivity contribution in [3.05, 3.63) is 41.5 Å². The number of benzene rings is 1. The Labute approximate surface area is 125 Å². The summed E-state index contributed by atoms with van der Waals surface area (Å²) in [5.41, 5.74) is 0.377. The Morgan fingerprint density at radius 1 is 1.19 bits per heavy atom. The van der Waals surface area contributed by atoms with Gasteiger partial charge in [0.15, 0.2) is 5.71 Å². The molecule has 116 valence electrons. The molecule has 0 N–H and O–H groups in total. The fourth-order valence-corrected chi connectivity index (χ4v) is 1.96. The third-order valence-corrected chi connectivity index (χ3v) is 4.02. The van der Waals surface area contributed by atoms with Crippen LogP contribution in [0.15, 0.2) is 34.7 Å². The highest BCUT2D eigenvalue weighted by atomic mass is 32.2. The lowest BCUT2D eigenvalue weighted by Gasteiger charge is -2.15. The Morgan fingerprint density at radius 2 is 1.76 bits per heavy atom. The second-order valence-corrected chi connectivity index (χ2v) is 7.43. The number of halogens is 3. The van der Waals surface area contributed by atoms with Crippen LogP contribution in [0.2, 0.25) is 0 Å². The minimum Gasteiger partial charge on any atom is -0.234 e. The van der Waals surface area contributed by atoms with E-state index in [1.165, 1.54) is 6.08 Å². The summed E-state index contributed by atoms with van der Waals surface area (Å²) in [6.07, 6.45) is -2.44. The van der Waals surface area contributed by atoms with Crippen LogP contribution in [0.3, 0.4) is 0 Å². The van der Waals surface area contributed by atoms with E-state index in [-0.39, 0.29) is 0 Å². The topological polar surface area (TPSA) is 29.4 Å². The van der Waals surface area contributed by atoms with Gasteiger partial charge in [0.1, 0.15) is 11.0 Å². The van der Waals surface area contributed by atoms with Gasteiger partial charge in [0.05, 0.1) is 4.75 Å². The molecule has 0 radical (unpaired) electrons. The maximum absolute atomic E-state index is 13.0. The summed E-state index contributed by atoms with van der Waals surface area (Å²) in [7, 11) is -1.96. The first-order valence-corrected chi connectivity index (χ1v) is 7.44. The molecule has 0 aromatic heterocycles. The highest BCUT2D eigenvalue weighted by Gasteiger charge is 2.35. The van der Waals surface area contributed by atoms with Crippen molar-refractivity contribution in [2.45, 2.75) is 38.6 Å². The van der Waals surface area contributed by atoms with Crippen LogP contribution in [0.25, 0.3) is 6.08 Å². The van der Waals surface area contributed by atoms with Gasteiger partial charge in [0.2, 0.25) is 0 Å². The van der Waals surface area contributed by atoms with E-state index in [2.05, 4.69) is 4.40 Å². The zero-order valence-corrected chi connectivity index (χ0v) is 13.2. The van der Waals surface area contributed by atoms with Crippen molar-refractivity contribution in [1.29, 1.82) is 0 Å². The predicted octanol–water partition coefficient (Wildman–Crippen LogP) is 4.47. The summed E-state index contributed by atoms with van der Waals surface area (Å²) in [6, 6.07) is 7.06. The fourth-order valence-electron chi connectivity index (χ4n) is 1.35. The van der Waals surface area contributed by atoms with E-state index in [0.717, 1.165) is 11.6 Å². The lowest BCUT2D eigenvalue weighted by atomic mass is 10.1. The lowest BCUT2D eigenvalue weighted by Crippen LogP contribution is -2.26. The van der Waals surface area contributed by atoms with Crippen molar-refractivity contribution in [3.63, 3.8) is 0 Å². The van der Waals surface area contributed by atoms with Gasteiger partial charge in [-0.15, -0.1) is 0 Å². The maximum Gasteiger partial charge on any atom is 0.434 e. The van der Waals surface area contributed by atoms with Gasteiger partial charge < -0.3 is 0 Å². The molecule has 0 saturated heterocycles. The smallest absolute Gasteiger partial charge is 0.234 e. The van der Waals surface area contributed by atoms with Crippen molar-refractivity contribution in [3.8, 4) is 0 Å². The molecule has 1 atom stereocenters. The van der Waals surface area contributed by atoms with Gasteiger partial charge in [-0.25, -0.2) is 4.21 Å². The molecule has 0 amide bonds. The van der Waals surface area contributed by atoms with Gasteiger partial charge >= 0.3 is 6.18 Å². The van der Waals surface area contributed by atoms with E-state index >= 15 is 0 Å². The highest BCUT2D eigenvalue weighted by Crippen LogP contribution is 2.22. The number of alkyl halides is 3. The van der Waals surface area contributed by atoms with Crippen LogP contribution >= 0.6 is 0 Å². The molecule has 0 aliphatic heterocycles. The number of hydrogen-bond acceptors (Lipinski definition) is 1. The van der Waals surface area contributed by atoms with E-state index in [1.807, 2.05) is 0 Å². The molecule has 1 unspecified atom stereocenters. The first-order valence-electron chi connectivity index (χ1n) is 6.33. The molecule has 0 bridgehead atoms. The van der Waals surface area contributed by atoms with Crippen LogP contribution in [0.4, 0.5) is 13.2 Å². The van der Waals surface area contributed by atoms with Crippen LogP contribution in [0.1, 0.15) is 31.9 Å². The molecule has 0 saturated carbocycles. The molecule has 0 heterocycles. The van der Waals surface area contributed by atoms with E-state index < -0.39 is 27.6 Å². The third-order valence-electron chi connectivity index (χ3n) is 2.60. The summed E-state index contributed by atoms with van der Waals surface area (Å²) < 4.78 is 53.2. The molecule has 0 aliphatic carbocycles. The first kappa shape index (κ1) is 17.6. The van der Waals surface area contributed by atoms with Crippen molar-refractivity contribution in [2.24, 2.45) is 4.40 Å². The van der Waals surface area contributed by atoms with Gasteiger partial charge in [0, 0.05) is 0 Å². The van der Waals surface area contributed by atoms with Crippen molar-refractivity contribution in [2.75, 3.05) is 0 Å².